The molecule has 10 heteroatoms. The summed E-state index contributed by atoms with van der Waals surface area (Å²) in [5.41, 5.74) is 1.54. The van der Waals surface area contributed by atoms with Crippen LogP contribution >= 0.6 is 0 Å². The molecule has 0 spiro atoms. The number of fused-ring (bicyclic) bond motifs is 1. The molecule has 1 aromatic rings. The molecule has 142 valence electrons. The van der Waals surface area contributed by atoms with E-state index in [9.17, 15) is 13.2 Å². The molecule has 0 radical (unpaired) electrons. The molecule has 0 aromatic carbocycles. The molecule has 2 N–H and O–H groups in total. The predicted molar refractivity (Wildman–Crippen MR) is 93.4 cm³/mol. The Morgan fingerprint density at radius 1 is 1.36 bits per heavy atom. The van der Waals surface area contributed by atoms with Gasteiger partial charge in [-0.1, -0.05) is 6.92 Å². The number of sulfonamides is 1. The van der Waals surface area contributed by atoms with Crippen molar-refractivity contribution in [2.75, 3.05) is 26.0 Å². The lowest BCUT2D eigenvalue weighted by Gasteiger charge is -2.25. The highest BCUT2D eigenvalue weighted by Gasteiger charge is 2.24. The maximum absolute atomic E-state index is 11.9. The smallest absolute Gasteiger partial charge is 0.315 e. The largest absolute Gasteiger partial charge is 0.377 e. The Hall–Kier alpha value is -1.65. The first-order chi connectivity index (χ1) is 11.8. The van der Waals surface area contributed by atoms with Crippen LogP contribution in [-0.2, 0) is 34.4 Å². The number of urea groups is 1. The molecule has 1 unspecified atom stereocenters. The van der Waals surface area contributed by atoms with Crippen LogP contribution in [0, 0.1) is 0 Å². The number of hydrogen-bond donors (Lipinski definition) is 2. The summed E-state index contributed by atoms with van der Waals surface area (Å²) >= 11 is 0. The zero-order chi connectivity index (χ0) is 18.4. The number of aromatic nitrogens is 2. The lowest BCUT2D eigenvalue weighted by molar-refractivity contribution is 0.0618. The van der Waals surface area contributed by atoms with Crippen LogP contribution in [0.25, 0.3) is 0 Å². The number of nitrogens with one attached hydrogen (secondary N) is 2. The van der Waals surface area contributed by atoms with Crippen molar-refractivity contribution in [3.05, 3.63) is 17.5 Å². The van der Waals surface area contributed by atoms with Gasteiger partial charge in [-0.25, -0.2) is 13.2 Å². The molecule has 2 amide bonds. The Morgan fingerprint density at radius 2 is 2.12 bits per heavy atom. The van der Waals surface area contributed by atoms with Crippen molar-refractivity contribution in [3.63, 3.8) is 0 Å². The molecule has 1 atom stereocenters. The zero-order valence-corrected chi connectivity index (χ0v) is 15.8. The number of amides is 2. The number of carbonyl (C=O) groups is 1. The minimum Gasteiger partial charge on any atom is -0.377 e. The summed E-state index contributed by atoms with van der Waals surface area (Å²) in [6, 6.07) is 1.55. The van der Waals surface area contributed by atoms with Crippen LogP contribution in [0.2, 0.25) is 0 Å². The predicted octanol–water partition coefficient (Wildman–Crippen LogP) is 0.273. The molecule has 0 fully saturated rings. The van der Waals surface area contributed by atoms with Crippen LogP contribution in [-0.4, -0.2) is 60.6 Å². The summed E-state index contributed by atoms with van der Waals surface area (Å²) in [5.74, 6) is 0. The van der Waals surface area contributed by atoms with Gasteiger partial charge in [-0.15, -0.1) is 0 Å². The molecule has 1 aliphatic heterocycles. The molecular weight excluding hydrogens is 346 g/mol. The fourth-order valence-corrected chi connectivity index (χ4v) is 3.45. The summed E-state index contributed by atoms with van der Waals surface area (Å²) in [6.07, 6.45) is 2.05. The van der Waals surface area contributed by atoms with Crippen molar-refractivity contribution >= 4 is 16.1 Å². The van der Waals surface area contributed by atoms with Gasteiger partial charge in [0.25, 0.3) is 0 Å². The molecular formula is C15H27N5O4S. The Balaban J connectivity index is 1.83. The molecule has 1 aromatic heterocycles. The van der Waals surface area contributed by atoms with Crippen LogP contribution < -0.4 is 10.6 Å². The van der Waals surface area contributed by atoms with E-state index in [1.165, 1.54) is 10.6 Å². The quantitative estimate of drug-likeness (QED) is 0.681. The van der Waals surface area contributed by atoms with E-state index in [1.54, 1.807) is 4.68 Å². The van der Waals surface area contributed by atoms with Crippen molar-refractivity contribution < 1.29 is 17.9 Å². The maximum Gasteiger partial charge on any atom is 0.315 e. The number of rotatable bonds is 8. The maximum atomic E-state index is 11.9. The minimum atomic E-state index is -3.21. The van der Waals surface area contributed by atoms with E-state index < -0.39 is 10.0 Å². The van der Waals surface area contributed by atoms with Crippen molar-refractivity contribution in [2.24, 2.45) is 0 Å². The second-order valence-corrected chi connectivity index (χ2v) is 7.98. The Morgan fingerprint density at radius 3 is 2.76 bits per heavy atom. The van der Waals surface area contributed by atoms with Crippen LogP contribution in [0.5, 0.6) is 0 Å². The van der Waals surface area contributed by atoms with Gasteiger partial charge >= 0.3 is 6.03 Å². The molecule has 0 saturated carbocycles. The van der Waals surface area contributed by atoms with E-state index in [1.807, 2.05) is 19.9 Å². The molecule has 25 heavy (non-hydrogen) atoms. The zero-order valence-electron chi connectivity index (χ0n) is 15.0. The Kier molecular flexibility index (Phi) is 6.79. The standard InChI is InChI=1S/C15H27N5O4S/c1-4-14(24-5-2)10-17-15(21)16-9-12-8-13-11-19(25(3,22)23)6-7-20(13)18-12/h8,14H,4-7,9-11H2,1-3H3,(H2,16,17,21). The molecule has 9 nitrogen and oxygen atoms in total. The first kappa shape index (κ1) is 19.7. The minimum absolute atomic E-state index is 0.0117. The van der Waals surface area contributed by atoms with Gasteiger partial charge < -0.3 is 15.4 Å². The van der Waals surface area contributed by atoms with Gasteiger partial charge in [0.15, 0.2) is 0 Å². The summed E-state index contributed by atoms with van der Waals surface area (Å²) < 4.78 is 32.0. The normalized spacial score (nSPS) is 16.3. The lowest BCUT2D eigenvalue weighted by Crippen LogP contribution is -2.40. The third-order valence-electron chi connectivity index (χ3n) is 4.06. The highest BCUT2D eigenvalue weighted by atomic mass is 32.2. The summed E-state index contributed by atoms with van der Waals surface area (Å²) in [6.45, 7) is 6.54. The molecule has 0 bridgehead atoms. The number of nitrogens with zero attached hydrogens (tertiary/aromatic N) is 3. The van der Waals surface area contributed by atoms with E-state index in [-0.39, 0.29) is 18.7 Å². The average molecular weight is 373 g/mol. The van der Waals surface area contributed by atoms with Crippen LogP contribution in [0.1, 0.15) is 31.7 Å². The van der Waals surface area contributed by atoms with E-state index in [0.717, 1.165) is 12.1 Å². The number of carbonyl (C=O) groups excluding carboxylic acids is 1. The Bertz CT molecular complexity index is 688. The lowest BCUT2D eigenvalue weighted by atomic mass is 10.3. The highest BCUT2D eigenvalue weighted by molar-refractivity contribution is 7.88. The van der Waals surface area contributed by atoms with Crippen LogP contribution in [0.15, 0.2) is 6.07 Å². The third-order valence-corrected chi connectivity index (χ3v) is 5.31. The van der Waals surface area contributed by atoms with Crippen LogP contribution in [0.3, 0.4) is 0 Å². The van der Waals surface area contributed by atoms with Gasteiger partial charge in [0.05, 0.1) is 43.4 Å². The first-order valence-electron chi connectivity index (χ1n) is 8.47. The van der Waals surface area contributed by atoms with Gasteiger partial charge in [0.2, 0.25) is 10.0 Å². The molecule has 2 rings (SSSR count). The Labute approximate surface area is 148 Å². The highest BCUT2D eigenvalue weighted by Crippen LogP contribution is 2.15. The van der Waals surface area contributed by atoms with Crippen molar-refractivity contribution in [2.45, 2.75) is 46.0 Å². The monoisotopic (exact) mass is 373 g/mol. The van der Waals surface area contributed by atoms with Crippen molar-refractivity contribution in [3.8, 4) is 0 Å². The summed E-state index contributed by atoms with van der Waals surface area (Å²) in [4.78, 5) is 11.9. The van der Waals surface area contributed by atoms with Gasteiger partial charge in [-0.05, 0) is 19.4 Å². The fourth-order valence-electron chi connectivity index (χ4n) is 2.67. The fraction of sp³-hybridized carbons (Fsp3) is 0.733. The summed E-state index contributed by atoms with van der Waals surface area (Å²) in [5, 5.41) is 9.95. The van der Waals surface area contributed by atoms with E-state index in [4.69, 9.17) is 4.74 Å². The third kappa shape index (κ3) is 5.68. The second-order valence-electron chi connectivity index (χ2n) is 6.00. The topological polar surface area (TPSA) is 106 Å². The molecule has 0 saturated heterocycles. The van der Waals surface area contributed by atoms with E-state index in [2.05, 4.69) is 15.7 Å². The SMILES string of the molecule is CCOC(CC)CNC(=O)NCc1cc2n(n1)CCN(S(C)(=O)=O)C2. The van der Waals surface area contributed by atoms with E-state index in [0.29, 0.717) is 38.5 Å². The van der Waals surface area contributed by atoms with Crippen LogP contribution in [0.4, 0.5) is 4.79 Å². The number of hydrogen-bond acceptors (Lipinski definition) is 5. The molecule has 2 heterocycles. The van der Waals surface area contributed by atoms with Crippen molar-refractivity contribution in [1.82, 2.24) is 24.7 Å². The van der Waals surface area contributed by atoms with E-state index >= 15 is 0 Å². The molecule has 1 aliphatic rings. The second kappa shape index (κ2) is 8.63. The van der Waals surface area contributed by atoms with Crippen molar-refractivity contribution in [1.29, 1.82) is 0 Å². The number of ether oxygens (including phenoxy) is 1. The van der Waals surface area contributed by atoms with Gasteiger partial charge in [-0.3, -0.25) is 4.68 Å². The summed E-state index contributed by atoms with van der Waals surface area (Å²) in [7, 11) is -3.21. The molecule has 0 aliphatic carbocycles. The van der Waals surface area contributed by atoms with Gasteiger partial charge in [0, 0.05) is 19.7 Å². The van der Waals surface area contributed by atoms with Gasteiger partial charge in [-0.2, -0.15) is 9.40 Å². The average Bonchev–Trinajstić information content (AvgIpc) is 2.98. The first-order valence-corrected chi connectivity index (χ1v) is 10.3. The van der Waals surface area contributed by atoms with Gasteiger partial charge in [0.1, 0.15) is 0 Å².